The Hall–Kier alpha value is -2.83. The Morgan fingerprint density at radius 3 is 2.76 bits per heavy atom. The summed E-state index contributed by atoms with van der Waals surface area (Å²) in [5.41, 5.74) is 0.866. The number of aromatic nitrogens is 1. The van der Waals surface area contributed by atoms with E-state index < -0.39 is 0 Å². The number of likely N-dealkylation sites (tertiary alicyclic amines) is 1. The monoisotopic (exact) mass is 344 g/mol. The van der Waals surface area contributed by atoms with Crippen molar-refractivity contribution in [3.63, 3.8) is 0 Å². The first-order valence-electron chi connectivity index (χ1n) is 8.35. The van der Waals surface area contributed by atoms with E-state index in [1.807, 2.05) is 6.92 Å². The quantitative estimate of drug-likeness (QED) is 0.896. The molecule has 2 aromatic rings. The summed E-state index contributed by atoms with van der Waals surface area (Å²) in [6.07, 6.45) is 4.67. The van der Waals surface area contributed by atoms with Crippen molar-refractivity contribution in [2.24, 2.45) is 0 Å². The van der Waals surface area contributed by atoms with E-state index in [1.165, 1.54) is 12.1 Å². The number of anilines is 1. The second kappa shape index (κ2) is 7.38. The molecule has 0 spiro atoms. The minimum atomic E-state index is -0.369. The molecule has 1 unspecified atom stereocenters. The molecule has 1 aliphatic heterocycles. The van der Waals surface area contributed by atoms with Crippen molar-refractivity contribution in [2.75, 3.05) is 18.4 Å². The van der Waals surface area contributed by atoms with Gasteiger partial charge in [-0.1, -0.05) is 6.92 Å². The number of urea groups is 1. The predicted octanol–water partition coefficient (Wildman–Crippen LogP) is 2.75. The summed E-state index contributed by atoms with van der Waals surface area (Å²) in [5, 5.41) is 5.58. The summed E-state index contributed by atoms with van der Waals surface area (Å²) in [7, 11) is 0. The van der Waals surface area contributed by atoms with E-state index >= 15 is 0 Å². The number of carbonyl (C=O) groups is 2. The van der Waals surface area contributed by atoms with Crippen LogP contribution in [0.15, 0.2) is 42.7 Å². The normalized spacial score (nSPS) is 16.7. The molecule has 132 valence electrons. The number of rotatable bonds is 4. The Bertz CT molecular complexity index is 760. The molecule has 1 fully saturated rings. The van der Waals surface area contributed by atoms with Gasteiger partial charge in [-0.25, -0.2) is 9.18 Å². The lowest BCUT2D eigenvalue weighted by molar-refractivity contribution is -0.129. The van der Waals surface area contributed by atoms with Crippen LogP contribution in [0.3, 0.4) is 0 Å². The van der Waals surface area contributed by atoms with E-state index in [4.69, 9.17) is 0 Å². The van der Waals surface area contributed by atoms with E-state index in [2.05, 4.69) is 10.6 Å². The number of halogens is 1. The lowest BCUT2D eigenvalue weighted by atomic mass is 10.2. The van der Waals surface area contributed by atoms with Gasteiger partial charge in [0.2, 0.25) is 5.91 Å². The Kier molecular flexibility index (Phi) is 5.02. The molecule has 0 radical (unpaired) electrons. The van der Waals surface area contributed by atoms with Gasteiger partial charge in [0.1, 0.15) is 5.82 Å². The van der Waals surface area contributed by atoms with Crippen molar-refractivity contribution >= 4 is 17.6 Å². The molecule has 2 heterocycles. The summed E-state index contributed by atoms with van der Waals surface area (Å²) in [5.74, 6) is -0.272. The maximum absolute atomic E-state index is 14.0. The number of hydrogen-bond acceptors (Lipinski definition) is 2. The van der Waals surface area contributed by atoms with Gasteiger partial charge in [0, 0.05) is 43.6 Å². The summed E-state index contributed by atoms with van der Waals surface area (Å²) in [4.78, 5) is 25.6. The van der Waals surface area contributed by atoms with Crippen molar-refractivity contribution in [3.8, 4) is 5.69 Å². The topological polar surface area (TPSA) is 66.4 Å². The first kappa shape index (κ1) is 17.0. The summed E-state index contributed by atoms with van der Waals surface area (Å²) in [6, 6.07) is 7.59. The van der Waals surface area contributed by atoms with Gasteiger partial charge < -0.3 is 20.1 Å². The van der Waals surface area contributed by atoms with Crippen LogP contribution in [0.1, 0.15) is 19.8 Å². The average molecular weight is 344 g/mol. The van der Waals surface area contributed by atoms with Crippen LogP contribution >= 0.6 is 0 Å². The molecule has 1 saturated heterocycles. The van der Waals surface area contributed by atoms with Crippen molar-refractivity contribution < 1.29 is 14.0 Å². The summed E-state index contributed by atoms with van der Waals surface area (Å²) >= 11 is 0. The standard InChI is InChI=1S/C18H21FN4O2/c1-2-17(24)23-10-7-14(12-23)21-18(25)20-13-5-6-15(19)16(11-13)22-8-3-4-9-22/h3-6,8-9,11,14H,2,7,10,12H2,1H3,(H2,20,21,25). The van der Waals surface area contributed by atoms with Crippen molar-refractivity contribution in [1.82, 2.24) is 14.8 Å². The number of nitrogens with zero attached hydrogens (tertiary/aromatic N) is 2. The van der Waals surface area contributed by atoms with E-state index in [9.17, 15) is 14.0 Å². The number of nitrogens with one attached hydrogen (secondary N) is 2. The molecular formula is C18H21FN4O2. The predicted molar refractivity (Wildman–Crippen MR) is 93.2 cm³/mol. The molecule has 1 aliphatic rings. The molecule has 2 N–H and O–H groups in total. The molecule has 7 heteroatoms. The Morgan fingerprint density at radius 2 is 2.04 bits per heavy atom. The SMILES string of the molecule is CCC(=O)N1CCC(NC(=O)Nc2ccc(F)c(-n3cccc3)c2)C1. The highest BCUT2D eigenvalue weighted by Crippen LogP contribution is 2.19. The zero-order valence-corrected chi connectivity index (χ0v) is 14.0. The Labute approximate surface area is 145 Å². The highest BCUT2D eigenvalue weighted by molar-refractivity contribution is 5.90. The van der Waals surface area contributed by atoms with Crippen LogP contribution in [-0.4, -0.2) is 40.5 Å². The van der Waals surface area contributed by atoms with E-state index in [0.29, 0.717) is 30.9 Å². The molecule has 0 bridgehead atoms. The van der Waals surface area contributed by atoms with Gasteiger partial charge in [-0.15, -0.1) is 0 Å². The van der Waals surface area contributed by atoms with E-state index in [0.717, 1.165) is 6.42 Å². The van der Waals surface area contributed by atoms with E-state index in [1.54, 1.807) is 40.1 Å². The average Bonchev–Trinajstić information content (AvgIpc) is 3.27. The molecule has 1 atom stereocenters. The number of amides is 3. The van der Waals surface area contributed by atoms with Crippen LogP contribution in [0.2, 0.25) is 0 Å². The first-order valence-corrected chi connectivity index (χ1v) is 8.35. The first-order chi connectivity index (χ1) is 12.1. The van der Waals surface area contributed by atoms with Gasteiger partial charge >= 0.3 is 6.03 Å². The van der Waals surface area contributed by atoms with Gasteiger partial charge in [-0.2, -0.15) is 0 Å². The summed E-state index contributed by atoms with van der Waals surface area (Å²) in [6.45, 7) is 3.01. The van der Waals surface area contributed by atoms with E-state index in [-0.39, 0.29) is 23.8 Å². The molecule has 0 aliphatic carbocycles. The van der Waals surface area contributed by atoms with Crippen LogP contribution in [-0.2, 0) is 4.79 Å². The molecule has 25 heavy (non-hydrogen) atoms. The highest BCUT2D eigenvalue weighted by atomic mass is 19.1. The van der Waals surface area contributed by atoms with Crippen molar-refractivity contribution in [1.29, 1.82) is 0 Å². The summed E-state index contributed by atoms with van der Waals surface area (Å²) < 4.78 is 15.6. The Morgan fingerprint density at radius 1 is 1.28 bits per heavy atom. The van der Waals surface area contributed by atoms with Crippen LogP contribution < -0.4 is 10.6 Å². The minimum Gasteiger partial charge on any atom is -0.341 e. The lowest BCUT2D eigenvalue weighted by Crippen LogP contribution is -2.40. The molecule has 6 nitrogen and oxygen atoms in total. The second-order valence-electron chi connectivity index (χ2n) is 6.03. The number of hydrogen-bond donors (Lipinski definition) is 2. The van der Waals surface area contributed by atoms with Gasteiger partial charge in [0.05, 0.1) is 5.69 Å². The molecule has 1 aromatic heterocycles. The third-order valence-electron chi connectivity index (χ3n) is 4.27. The van der Waals surface area contributed by atoms with Gasteiger partial charge in [0.25, 0.3) is 0 Å². The zero-order chi connectivity index (χ0) is 17.8. The minimum absolute atomic E-state index is 0.0696. The molecule has 3 rings (SSSR count). The fourth-order valence-electron chi connectivity index (χ4n) is 2.96. The fourth-order valence-corrected chi connectivity index (χ4v) is 2.96. The van der Waals surface area contributed by atoms with Gasteiger partial charge in [0.15, 0.2) is 0 Å². The third kappa shape index (κ3) is 3.99. The smallest absolute Gasteiger partial charge is 0.319 e. The largest absolute Gasteiger partial charge is 0.341 e. The van der Waals surface area contributed by atoms with Gasteiger partial charge in [-0.05, 0) is 36.8 Å². The number of benzene rings is 1. The Balaban J connectivity index is 1.60. The zero-order valence-electron chi connectivity index (χ0n) is 14.0. The van der Waals surface area contributed by atoms with Crippen LogP contribution in [0.5, 0.6) is 0 Å². The number of carbonyl (C=O) groups excluding carboxylic acids is 2. The lowest BCUT2D eigenvalue weighted by Gasteiger charge is -2.17. The van der Waals surface area contributed by atoms with Crippen molar-refractivity contribution in [2.45, 2.75) is 25.8 Å². The highest BCUT2D eigenvalue weighted by Gasteiger charge is 2.26. The van der Waals surface area contributed by atoms with Crippen LogP contribution in [0.25, 0.3) is 5.69 Å². The maximum atomic E-state index is 14.0. The van der Waals surface area contributed by atoms with Crippen molar-refractivity contribution in [3.05, 3.63) is 48.5 Å². The van der Waals surface area contributed by atoms with Gasteiger partial charge in [-0.3, -0.25) is 4.79 Å². The third-order valence-corrected chi connectivity index (χ3v) is 4.27. The molecule has 3 amide bonds. The second-order valence-corrected chi connectivity index (χ2v) is 6.03. The fraction of sp³-hybridized carbons (Fsp3) is 0.333. The molecular weight excluding hydrogens is 323 g/mol. The van der Waals surface area contributed by atoms with Crippen LogP contribution in [0, 0.1) is 5.82 Å². The molecule has 0 saturated carbocycles. The van der Waals surface area contributed by atoms with Crippen LogP contribution in [0.4, 0.5) is 14.9 Å². The maximum Gasteiger partial charge on any atom is 0.319 e. The molecule has 1 aromatic carbocycles.